The van der Waals surface area contributed by atoms with E-state index in [1.807, 2.05) is 0 Å². The lowest BCUT2D eigenvalue weighted by Gasteiger charge is -2.16. The predicted molar refractivity (Wildman–Crippen MR) is 61.2 cm³/mol. The van der Waals surface area contributed by atoms with Crippen LogP contribution >= 0.6 is 15.9 Å². The number of benzene rings is 1. The topological polar surface area (TPSA) is 61.7 Å². The van der Waals surface area contributed by atoms with Gasteiger partial charge in [-0.3, -0.25) is 0 Å². The van der Waals surface area contributed by atoms with Crippen LogP contribution in [0, 0.1) is 5.82 Å². The minimum Gasteiger partial charge on any atom is -0.504 e. The smallest absolute Gasteiger partial charge is 0.208 e. The normalized spacial score (nSPS) is 12.6. The highest BCUT2D eigenvalue weighted by Gasteiger charge is 2.21. The molecule has 6 heteroatoms. The van der Waals surface area contributed by atoms with Crippen LogP contribution in [0.3, 0.4) is 0 Å². The molecule has 0 bridgehead atoms. The van der Waals surface area contributed by atoms with Gasteiger partial charge in [0.15, 0.2) is 11.5 Å². The number of hydrogen-bond donors (Lipinski definition) is 3. The molecule has 0 heterocycles. The first kappa shape index (κ1) is 13.2. The van der Waals surface area contributed by atoms with Crippen molar-refractivity contribution in [1.82, 2.24) is 5.32 Å². The molecule has 1 rings (SSSR count). The molecule has 0 aliphatic carbocycles. The molecule has 4 nitrogen and oxygen atoms in total. The Balaban J connectivity index is 3.27. The van der Waals surface area contributed by atoms with E-state index in [9.17, 15) is 14.6 Å². The lowest BCUT2D eigenvalue weighted by molar-refractivity contribution is 0.172. The summed E-state index contributed by atoms with van der Waals surface area (Å²) in [7, 11) is 2.95. The summed E-state index contributed by atoms with van der Waals surface area (Å²) >= 11 is 3.00. The summed E-state index contributed by atoms with van der Waals surface area (Å²) in [6.45, 7) is 0.257. The zero-order valence-electron chi connectivity index (χ0n) is 8.92. The molecule has 0 radical (unpaired) electrons. The molecule has 1 unspecified atom stereocenters. The standard InChI is InChI=1S/C10H13BrFNO3/c1-13-4-7(14)5-3-6(11)9(15)8(12)10(5)16-2/h3,7,13-15H,4H2,1-2H3. The number of rotatable bonds is 4. The van der Waals surface area contributed by atoms with E-state index in [2.05, 4.69) is 21.2 Å². The number of nitrogens with one attached hydrogen (secondary N) is 1. The average molecular weight is 294 g/mol. The van der Waals surface area contributed by atoms with Crippen molar-refractivity contribution in [1.29, 1.82) is 0 Å². The van der Waals surface area contributed by atoms with Gasteiger partial charge in [-0.2, -0.15) is 4.39 Å². The number of aromatic hydroxyl groups is 1. The highest BCUT2D eigenvalue weighted by molar-refractivity contribution is 9.10. The Bertz CT molecular complexity index is 387. The SMILES string of the molecule is CNCC(O)c1cc(Br)c(O)c(F)c1OC. The van der Waals surface area contributed by atoms with E-state index in [0.29, 0.717) is 0 Å². The third-order valence-corrected chi connectivity index (χ3v) is 2.74. The summed E-state index contributed by atoms with van der Waals surface area (Å²) in [6, 6.07) is 1.43. The molecule has 0 aliphatic heterocycles. The summed E-state index contributed by atoms with van der Waals surface area (Å²) in [4.78, 5) is 0. The monoisotopic (exact) mass is 293 g/mol. The lowest BCUT2D eigenvalue weighted by Crippen LogP contribution is -2.17. The van der Waals surface area contributed by atoms with E-state index in [-0.39, 0.29) is 22.3 Å². The minimum atomic E-state index is -0.911. The fraction of sp³-hybridized carbons (Fsp3) is 0.400. The summed E-state index contributed by atoms with van der Waals surface area (Å²) in [5, 5.41) is 21.9. The lowest BCUT2D eigenvalue weighted by atomic mass is 10.1. The third kappa shape index (κ3) is 2.45. The van der Waals surface area contributed by atoms with Crippen LogP contribution in [0.5, 0.6) is 11.5 Å². The van der Waals surface area contributed by atoms with Crippen LogP contribution in [-0.2, 0) is 0 Å². The molecule has 1 aromatic carbocycles. The quantitative estimate of drug-likeness (QED) is 0.788. The Morgan fingerprint density at radius 1 is 1.62 bits per heavy atom. The fourth-order valence-corrected chi connectivity index (χ4v) is 1.79. The summed E-state index contributed by atoms with van der Waals surface area (Å²) < 4.78 is 18.6. The Morgan fingerprint density at radius 2 is 2.25 bits per heavy atom. The number of halogens is 2. The first-order chi connectivity index (χ1) is 7.52. The van der Waals surface area contributed by atoms with Gasteiger partial charge in [-0.25, -0.2) is 0 Å². The van der Waals surface area contributed by atoms with Gasteiger partial charge in [0.05, 0.1) is 17.7 Å². The molecule has 0 aromatic heterocycles. The van der Waals surface area contributed by atoms with Crippen LogP contribution < -0.4 is 10.1 Å². The van der Waals surface area contributed by atoms with Crippen molar-refractivity contribution < 1.29 is 19.3 Å². The second kappa shape index (κ2) is 5.47. The van der Waals surface area contributed by atoms with Crippen molar-refractivity contribution in [2.45, 2.75) is 6.10 Å². The van der Waals surface area contributed by atoms with Crippen molar-refractivity contribution in [3.63, 3.8) is 0 Å². The molecule has 16 heavy (non-hydrogen) atoms. The molecule has 0 fully saturated rings. The number of ether oxygens (including phenoxy) is 1. The molecule has 90 valence electrons. The van der Waals surface area contributed by atoms with Gasteiger partial charge in [0, 0.05) is 12.1 Å². The molecule has 0 saturated carbocycles. The van der Waals surface area contributed by atoms with Crippen molar-refractivity contribution in [3.8, 4) is 11.5 Å². The molecule has 0 saturated heterocycles. The van der Waals surface area contributed by atoms with Crippen molar-refractivity contribution in [3.05, 3.63) is 21.9 Å². The van der Waals surface area contributed by atoms with Crippen molar-refractivity contribution in [2.75, 3.05) is 20.7 Å². The van der Waals surface area contributed by atoms with Crippen LogP contribution in [0.2, 0.25) is 0 Å². The van der Waals surface area contributed by atoms with Gasteiger partial charge in [0.25, 0.3) is 0 Å². The molecule has 0 spiro atoms. The van der Waals surface area contributed by atoms with Gasteiger partial charge in [-0.1, -0.05) is 0 Å². The second-order valence-electron chi connectivity index (χ2n) is 3.22. The second-order valence-corrected chi connectivity index (χ2v) is 4.07. The van der Waals surface area contributed by atoms with Crippen molar-refractivity contribution >= 4 is 15.9 Å². The summed E-state index contributed by atoms with van der Waals surface area (Å²) in [5.74, 6) is -1.57. The molecule has 3 N–H and O–H groups in total. The first-order valence-corrected chi connectivity index (χ1v) is 5.39. The highest BCUT2D eigenvalue weighted by atomic mass is 79.9. The van der Waals surface area contributed by atoms with E-state index in [1.54, 1.807) is 7.05 Å². The average Bonchev–Trinajstić information content (AvgIpc) is 2.26. The maximum absolute atomic E-state index is 13.6. The maximum atomic E-state index is 13.6. The number of aliphatic hydroxyl groups is 1. The summed E-state index contributed by atoms with van der Waals surface area (Å²) in [5.41, 5.74) is 0.277. The van der Waals surface area contributed by atoms with E-state index < -0.39 is 17.7 Å². The number of aliphatic hydroxyl groups excluding tert-OH is 1. The predicted octanol–water partition coefficient (Wildman–Crippen LogP) is 1.56. The van der Waals surface area contributed by atoms with Crippen LogP contribution in [0.1, 0.15) is 11.7 Å². The Labute approximate surface area is 101 Å². The van der Waals surface area contributed by atoms with E-state index in [4.69, 9.17) is 4.74 Å². The van der Waals surface area contributed by atoms with Gasteiger partial charge in [0.2, 0.25) is 5.82 Å². The fourth-order valence-electron chi connectivity index (χ4n) is 1.37. The number of likely N-dealkylation sites (N-methyl/N-ethyl adjacent to an activating group) is 1. The molecule has 0 aliphatic rings. The zero-order chi connectivity index (χ0) is 12.3. The highest BCUT2D eigenvalue weighted by Crippen LogP contribution is 2.38. The first-order valence-electron chi connectivity index (χ1n) is 4.60. The van der Waals surface area contributed by atoms with Crippen LogP contribution in [0.25, 0.3) is 0 Å². The molecular weight excluding hydrogens is 281 g/mol. The van der Waals surface area contributed by atoms with E-state index in [0.717, 1.165) is 0 Å². The van der Waals surface area contributed by atoms with Gasteiger partial charge >= 0.3 is 0 Å². The molecule has 1 atom stereocenters. The van der Waals surface area contributed by atoms with Gasteiger partial charge in [0.1, 0.15) is 0 Å². The maximum Gasteiger partial charge on any atom is 0.208 e. The molecule has 1 aromatic rings. The molecule has 0 amide bonds. The number of phenols is 1. The summed E-state index contributed by atoms with van der Waals surface area (Å²) in [6.07, 6.45) is -0.911. The van der Waals surface area contributed by atoms with Gasteiger partial charge in [-0.05, 0) is 29.0 Å². The van der Waals surface area contributed by atoms with Crippen molar-refractivity contribution in [2.24, 2.45) is 0 Å². The third-order valence-electron chi connectivity index (χ3n) is 2.14. The van der Waals surface area contributed by atoms with Crippen LogP contribution in [-0.4, -0.2) is 30.9 Å². The zero-order valence-corrected chi connectivity index (χ0v) is 10.5. The van der Waals surface area contributed by atoms with Gasteiger partial charge < -0.3 is 20.3 Å². The number of methoxy groups -OCH3 is 1. The van der Waals surface area contributed by atoms with Crippen LogP contribution in [0.15, 0.2) is 10.5 Å². The Kier molecular flexibility index (Phi) is 4.52. The Hall–Kier alpha value is -0.850. The number of hydrogen-bond acceptors (Lipinski definition) is 4. The van der Waals surface area contributed by atoms with Gasteiger partial charge in [-0.15, -0.1) is 0 Å². The minimum absolute atomic E-state index is 0.150. The Morgan fingerprint density at radius 3 is 2.75 bits per heavy atom. The van der Waals surface area contributed by atoms with E-state index >= 15 is 0 Å². The largest absolute Gasteiger partial charge is 0.504 e. The number of phenolic OH excluding ortho intramolecular Hbond substituents is 1. The van der Waals surface area contributed by atoms with Crippen LogP contribution in [0.4, 0.5) is 4.39 Å². The molecular formula is C10H13BrFNO3. The van der Waals surface area contributed by atoms with E-state index in [1.165, 1.54) is 13.2 Å².